The smallest absolute Gasteiger partial charge is 0.246 e. The highest BCUT2D eigenvalue weighted by molar-refractivity contribution is 6.30. The Morgan fingerprint density at radius 3 is 2.77 bits per heavy atom. The summed E-state index contributed by atoms with van der Waals surface area (Å²) in [5.41, 5.74) is 2.80. The number of carbonyl (C=O) groups is 1. The van der Waals surface area contributed by atoms with Crippen LogP contribution in [0.25, 0.3) is 6.08 Å². The fourth-order valence-corrected chi connectivity index (χ4v) is 4.36. The number of amides is 1. The standard InChI is InChI=1S/C25H30ClN7O2/c1-4-35-24-9-8-23(27-14-24)17-31-11-12-32(18(2)15-31)25(34)10-6-20-5-7-22(26)13-21(20)16-33-29-19(3)28-30-33/h5-10,13-14,18H,4,11-12,15-17H2,1-3H3/b10-6+/t18-/m1/s1. The summed E-state index contributed by atoms with van der Waals surface area (Å²) in [5, 5.41) is 12.8. The van der Waals surface area contributed by atoms with Gasteiger partial charge in [0.25, 0.3) is 0 Å². The number of ether oxygens (including phenoxy) is 1. The zero-order valence-corrected chi connectivity index (χ0v) is 21.0. The van der Waals surface area contributed by atoms with Crippen LogP contribution >= 0.6 is 11.6 Å². The molecule has 0 saturated carbocycles. The number of rotatable bonds is 8. The number of nitrogens with zero attached hydrogens (tertiary/aromatic N) is 7. The Labute approximate surface area is 210 Å². The Balaban J connectivity index is 1.36. The van der Waals surface area contributed by atoms with E-state index in [-0.39, 0.29) is 11.9 Å². The predicted octanol–water partition coefficient (Wildman–Crippen LogP) is 3.22. The number of tetrazole rings is 1. The second-order valence-corrected chi connectivity index (χ2v) is 9.01. The Kier molecular flexibility index (Phi) is 8.09. The second-order valence-electron chi connectivity index (χ2n) is 8.58. The largest absolute Gasteiger partial charge is 0.492 e. The average Bonchev–Trinajstić information content (AvgIpc) is 3.24. The van der Waals surface area contributed by atoms with E-state index < -0.39 is 0 Å². The molecule has 0 radical (unpaired) electrons. The van der Waals surface area contributed by atoms with Gasteiger partial charge < -0.3 is 9.64 Å². The Hall–Kier alpha value is -3.30. The topological polar surface area (TPSA) is 89.3 Å². The van der Waals surface area contributed by atoms with Gasteiger partial charge in [0.15, 0.2) is 5.82 Å². The van der Waals surface area contributed by atoms with Crippen LogP contribution in [0.4, 0.5) is 0 Å². The monoisotopic (exact) mass is 495 g/mol. The molecule has 35 heavy (non-hydrogen) atoms. The molecule has 0 spiro atoms. The van der Waals surface area contributed by atoms with E-state index in [1.807, 2.05) is 48.2 Å². The Bertz CT molecular complexity index is 1180. The minimum atomic E-state index is -0.00744. The maximum absolute atomic E-state index is 13.0. The molecule has 3 heterocycles. The van der Waals surface area contributed by atoms with E-state index >= 15 is 0 Å². The minimum Gasteiger partial charge on any atom is -0.492 e. The van der Waals surface area contributed by atoms with Crippen LogP contribution in [-0.4, -0.2) is 73.2 Å². The molecule has 0 unspecified atom stereocenters. The minimum absolute atomic E-state index is 0.00744. The molecule has 0 aliphatic carbocycles. The zero-order chi connectivity index (χ0) is 24.8. The summed E-state index contributed by atoms with van der Waals surface area (Å²) in [4.78, 5) is 23.3. The van der Waals surface area contributed by atoms with Gasteiger partial charge in [-0.2, -0.15) is 4.80 Å². The van der Waals surface area contributed by atoms with E-state index in [4.69, 9.17) is 16.3 Å². The highest BCUT2D eigenvalue weighted by Crippen LogP contribution is 2.20. The molecule has 0 bridgehead atoms. The number of piperazine rings is 1. The maximum atomic E-state index is 13.0. The molecule has 10 heteroatoms. The van der Waals surface area contributed by atoms with Crippen LogP contribution in [0.3, 0.4) is 0 Å². The van der Waals surface area contributed by atoms with Crippen molar-refractivity contribution in [2.45, 2.75) is 39.9 Å². The Morgan fingerprint density at radius 2 is 2.09 bits per heavy atom. The number of halogens is 1. The molecule has 1 fully saturated rings. The number of aryl methyl sites for hydroxylation is 1. The number of carbonyl (C=O) groups excluding carboxylic acids is 1. The third-order valence-electron chi connectivity index (χ3n) is 5.86. The highest BCUT2D eigenvalue weighted by atomic mass is 35.5. The summed E-state index contributed by atoms with van der Waals surface area (Å²) in [7, 11) is 0. The summed E-state index contributed by atoms with van der Waals surface area (Å²) in [6.07, 6.45) is 5.23. The molecule has 1 saturated heterocycles. The number of benzene rings is 1. The summed E-state index contributed by atoms with van der Waals surface area (Å²) in [6, 6.07) is 9.61. The van der Waals surface area contributed by atoms with Gasteiger partial charge in [-0.25, -0.2) is 0 Å². The van der Waals surface area contributed by atoms with Crippen molar-refractivity contribution in [2.75, 3.05) is 26.2 Å². The fraction of sp³-hybridized carbons (Fsp3) is 0.400. The van der Waals surface area contributed by atoms with Crippen LogP contribution < -0.4 is 4.74 Å². The number of aromatic nitrogens is 5. The van der Waals surface area contributed by atoms with Crippen LogP contribution in [0.1, 0.15) is 36.5 Å². The summed E-state index contributed by atoms with van der Waals surface area (Å²) in [5.74, 6) is 1.38. The van der Waals surface area contributed by atoms with Crippen molar-refractivity contribution < 1.29 is 9.53 Å². The SMILES string of the molecule is CCOc1ccc(CN2CCN(C(=O)/C=C/c3ccc(Cl)cc3Cn3nnc(C)n3)[C@H](C)C2)nc1. The van der Waals surface area contributed by atoms with Crippen molar-refractivity contribution in [3.05, 3.63) is 70.3 Å². The lowest BCUT2D eigenvalue weighted by atomic mass is 10.1. The molecule has 0 N–H and O–H groups in total. The van der Waals surface area contributed by atoms with Crippen LogP contribution in [0, 0.1) is 6.92 Å². The van der Waals surface area contributed by atoms with Gasteiger partial charge in [-0.3, -0.25) is 14.7 Å². The van der Waals surface area contributed by atoms with Crippen LogP contribution in [0.5, 0.6) is 5.75 Å². The molecule has 1 aromatic carbocycles. The van der Waals surface area contributed by atoms with E-state index in [0.717, 1.165) is 42.2 Å². The normalized spacial score (nSPS) is 16.7. The van der Waals surface area contributed by atoms with Crippen molar-refractivity contribution in [1.82, 2.24) is 35.0 Å². The lowest BCUT2D eigenvalue weighted by Gasteiger charge is -2.39. The molecule has 184 valence electrons. The Morgan fingerprint density at radius 1 is 1.23 bits per heavy atom. The first-order chi connectivity index (χ1) is 16.9. The lowest BCUT2D eigenvalue weighted by molar-refractivity contribution is -0.130. The fourth-order valence-electron chi connectivity index (χ4n) is 4.16. The molecular weight excluding hydrogens is 466 g/mol. The van der Waals surface area contributed by atoms with E-state index in [9.17, 15) is 4.79 Å². The third kappa shape index (κ3) is 6.64. The van der Waals surface area contributed by atoms with E-state index in [0.29, 0.717) is 30.5 Å². The van der Waals surface area contributed by atoms with E-state index in [1.165, 1.54) is 4.80 Å². The number of hydrogen-bond acceptors (Lipinski definition) is 7. The van der Waals surface area contributed by atoms with Crippen molar-refractivity contribution in [3.8, 4) is 5.75 Å². The van der Waals surface area contributed by atoms with Gasteiger partial charge in [0.1, 0.15) is 5.75 Å². The molecule has 4 rings (SSSR count). The predicted molar refractivity (Wildman–Crippen MR) is 134 cm³/mol. The molecule has 3 aromatic rings. The van der Waals surface area contributed by atoms with Crippen molar-refractivity contribution in [3.63, 3.8) is 0 Å². The van der Waals surface area contributed by atoms with Gasteiger partial charge in [-0.05, 0) is 67.5 Å². The summed E-state index contributed by atoms with van der Waals surface area (Å²) < 4.78 is 5.46. The molecule has 2 aromatic heterocycles. The lowest BCUT2D eigenvalue weighted by Crippen LogP contribution is -2.53. The van der Waals surface area contributed by atoms with Gasteiger partial charge in [0, 0.05) is 43.3 Å². The van der Waals surface area contributed by atoms with Crippen LogP contribution in [-0.2, 0) is 17.9 Å². The van der Waals surface area contributed by atoms with Gasteiger partial charge >= 0.3 is 0 Å². The van der Waals surface area contributed by atoms with E-state index in [1.54, 1.807) is 19.2 Å². The number of hydrogen-bond donors (Lipinski definition) is 0. The third-order valence-corrected chi connectivity index (χ3v) is 6.10. The van der Waals surface area contributed by atoms with Gasteiger partial charge in [0.05, 0.1) is 25.0 Å². The van der Waals surface area contributed by atoms with Crippen LogP contribution in [0.15, 0.2) is 42.6 Å². The zero-order valence-electron chi connectivity index (χ0n) is 20.3. The average molecular weight is 496 g/mol. The first kappa shape index (κ1) is 24.8. The van der Waals surface area contributed by atoms with Crippen molar-refractivity contribution in [2.24, 2.45) is 0 Å². The van der Waals surface area contributed by atoms with Crippen molar-refractivity contribution >= 4 is 23.6 Å². The van der Waals surface area contributed by atoms with Gasteiger partial charge in [-0.15, -0.1) is 10.2 Å². The maximum Gasteiger partial charge on any atom is 0.246 e. The molecule has 1 aliphatic rings. The number of pyridine rings is 1. The quantitative estimate of drug-likeness (QED) is 0.443. The summed E-state index contributed by atoms with van der Waals surface area (Å²) in [6.45, 7) is 9.87. The molecule has 1 amide bonds. The van der Waals surface area contributed by atoms with Gasteiger partial charge in [0.2, 0.25) is 5.91 Å². The van der Waals surface area contributed by atoms with E-state index in [2.05, 4.69) is 32.2 Å². The highest BCUT2D eigenvalue weighted by Gasteiger charge is 2.26. The van der Waals surface area contributed by atoms with Crippen LogP contribution in [0.2, 0.25) is 5.02 Å². The van der Waals surface area contributed by atoms with Gasteiger partial charge in [-0.1, -0.05) is 17.7 Å². The summed E-state index contributed by atoms with van der Waals surface area (Å²) >= 11 is 6.20. The molecule has 1 aliphatic heterocycles. The molecular formula is C25H30ClN7O2. The second kappa shape index (κ2) is 11.4. The molecule has 9 nitrogen and oxygen atoms in total. The molecule has 1 atom stereocenters. The first-order valence-corrected chi connectivity index (χ1v) is 12.1. The van der Waals surface area contributed by atoms with Crippen molar-refractivity contribution in [1.29, 1.82) is 0 Å². The first-order valence-electron chi connectivity index (χ1n) is 11.7.